The number of carbonyl (C=O) groups is 1. The number of hydrogen-bond acceptors (Lipinski definition) is 4. The van der Waals surface area contributed by atoms with Crippen LogP contribution in [0.2, 0.25) is 0 Å². The number of hydrogen-bond donors (Lipinski definition) is 3. The monoisotopic (exact) mass is 348 g/mol. The Morgan fingerprint density at radius 2 is 1.84 bits per heavy atom. The van der Waals surface area contributed by atoms with Gasteiger partial charge >= 0.3 is 0 Å². The van der Waals surface area contributed by atoms with Crippen molar-refractivity contribution in [2.45, 2.75) is 76.9 Å². The summed E-state index contributed by atoms with van der Waals surface area (Å²) in [5.41, 5.74) is 0.00120. The van der Waals surface area contributed by atoms with Crippen molar-refractivity contribution in [1.29, 1.82) is 0 Å². The average Bonchev–Trinajstić information content (AvgIpc) is 2.87. The van der Waals surface area contributed by atoms with Crippen LogP contribution in [0.4, 0.5) is 0 Å². The van der Waals surface area contributed by atoms with Gasteiger partial charge in [0.1, 0.15) is 6.10 Å². The largest absolute Gasteiger partial charge is 0.394 e. The fraction of sp³-hybridized carbons (Fsp3) is 0.857. The molecule has 0 aliphatic heterocycles. The number of rotatable bonds is 2. The third kappa shape index (κ3) is 2.20. The van der Waals surface area contributed by atoms with E-state index in [1.807, 2.05) is 6.08 Å². The van der Waals surface area contributed by atoms with Crippen LogP contribution in [0.5, 0.6) is 0 Å². The summed E-state index contributed by atoms with van der Waals surface area (Å²) in [5.74, 6) is 1.81. The highest BCUT2D eigenvalue weighted by Gasteiger charge is 2.65. The molecule has 4 aliphatic carbocycles. The van der Waals surface area contributed by atoms with Crippen LogP contribution < -0.4 is 0 Å². The van der Waals surface area contributed by atoms with Gasteiger partial charge in [-0.3, -0.25) is 4.79 Å². The SMILES string of the molecule is CC12CCC(=O)C=C1CCC1C2CCC2(C)C1CC[C@@]2(O)C(O)CO. The zero-order valence-electron chi connectivity index (χ0n) is 15.5. The predicted octanol–water partition coefficient (Wildman–Crippen LogP) is 2.60. The summed E-state index contributed by atoms with van der Waals surface area (Å²) in [6.45, 7) is 4.12. The van der Waals surface area contributed by atoms with E-state index >= 15 is 0 Å². The van der Waals surface area contributed by atoms with Gasteiger partial charge in [0, 0.05) is 11.8 Å². The molecule has 4 heteroatoms. The van der Waals surface area contributed by atoms with Crippen molar-refractivity contribution < 1.29 is 20.1 Å². The fourth-order valence-electron chi connectivity index (χ4n) is 7.31. The molecule has 0 spiro atoms. The summed E-state index contributed by atoms with van der Waals surface area (Å²) in [5, 5.41) is 31.1. The quantitative estimate of drug-likeness (QED) is 0.717. The average molecular weight is 348 g/mol. The number of carbonyl (C=O) groups excluding carboxylic acids is 1. The van der Waals surface area contributed by atoms with Crippen molar-refractivity contribution >= 4 is 5.78 Å². The molecule has 0 amide bonds. The van der Waals surface area contributed by atoms with Crippen LogP contribution in [0.15, 0.2) is 11.6 Å². The highest BCUT2D eigenvalue weighted by molar-refractivity contribution is 5.91. The van der Waals surface area contributed by atoms with Gasteiger partial charge in [0.25, 0.3) is 0 Å². The molecule has 0 aromatic carbocycles. The minimum Gasteiger partial charge on any atom is -0.394 e. The van der Waals surface area contributed by atoms with E-state index in [2.05, 4.69) is 13.8 Å². The Morgan fingerprint density at radius 1 is 1.12 bits per heavy atom. The first kappa shape index (κ1) is 17.7. The molecule has 4 rings (SSSR count). The molecule has 3 saturated carbocycles. The van der Waals surface area contributed by atoms with Crippen LogP contribution in [-0.4, -0.2) is 39.4 Å². The van der Waals surface area contributed by atoms with E-state index in [1.54, 1.807) is 0 Å². The van der Waals surface area contributed by atoms with E-state index in [-0.39, 0.29) is 23.2 Å². The Balaban J connectivity index is 1.67. The van der Waals surface area contributed by atoms with Crippen LogP contribution >= 0.6 is 0 Å². The normalized spacial score (nSPS) is 50.5. The molecular formula is C21H32O4. The molecule has 4 nitrogen and oxygen atoms in total. The Hall–Kier alpha value is -0.710. The summed E-state index contributed by atoms with van der Waals surface area (Å²) in [6.07, 6.45) is 8.03. The summed E-state index contributed by atoms with van der Waals surface area (Å²) in [7, 11) is 0. The highest BCUT2D eigenvalue weighted by atomic mass is 16.4. The van der Waals surface area contributed by atoms with E-state index in [0.29, 0.717) is 30.6 Å². The van der Waals surface area contributed by atoms with Crippen LogP contribution in [0.1, 0.15) is 65.2 Å². The van der Waals surface area contributed by atoms with Crippen LogP contribution in [-0.2, 0) is 4.79 Å². The first-order chi connectivity index (χ1) is 11.8. The van der Waals surface area contributed by atoms with Crippen LogP contribution in [0.25, 0.3) is 0 Å². The van der Waals surface area contributed by atoms with Crippen LogP contribution in [0, 0.1) is 28.6 Å². The van der Waals surface area contributed by atoms with Gasteiger partial charge in [0.15, 0.2) is 5.78 Å². The summed E-state index contributed by atoms with van der Waals surface area (Å²) < 4.78 is 0. The lowest BCUT2D eigenvalue weighted by Crippen LogP contribution is -2.59. The maximum atomic E-state index is 11.9. The molecular weight excluding hydrogens is 316 g/mol. The van der Waals surface area contributed by atoms with Crippen molar-refractivity contribution in [1.82, 2.24) is 0 Å². The molecule has 7 atom stereocenters. The smallest absolute Gasteiger partial charge is 0.155 e. The molecule has 4 aliphatic rings. The minimum absolute atomic E-state index is 0.133. The topological polar surface area (TPSA) is 77.8 Å². The van der Waals surface area contributed by atoms with E-state index in [9.17, 15) is 20.1 Å². The van der Waals surface area contributed by atoms with Crippen molar-refractivity contribution in [3.8, 4) is 0 Å². The highest BCUT2D eigenvalue weighted by Crippen LogP contribution is 2.67. The first-order valence-corrected chi connectivity index (χ1v) is 10.0. The molecule has 0 bridgehead atoms. The minimum atomic E-state index is -1.17. The second-order valence-electron chi connectivity index (χ2n) is 9.59. The van der Waals surface area contributed by atoms with Crippen molar-refractivity contribution in [3.63, 3.8) is 0 Å². The molecule has 6 unspecified atom stereocenters. The third-order valence-corrected chi connectivity index (χ3v) is 8.90. The number of allylic oxidation sites excluding steroid dienone is 1. The molecule has 0 saturated heterocycles. The predicted molar refractivity (Wildman–Crippen MR) is 94.8 cm³/mol. The van der Waals surface area contributed by atoms with Gasteiger partial charge < -0.3 is 15.3 Å². The number of aliphatic hydroxyl groups excluding tert-OH is 2. The first-order valence-electron chi connectivity index (χ1n) is 10.0. The van der Waals surface area contributed by atoms with Crippen molar-refractivity contribution in [3.05, 3.63) is 11.6 Å². The van der Waals surface area contributed by atoms with E-state index in [1.165, 1.54) is 5.57 Å². The van der Waals surface area contributed by atoms with E-state index in [0.717, 1.165) is 38.5 Å². The van der Waals surface area contributed by atoms with E-state index < -0.39 is 11.7 Å². The lowest BCUT2D eigenvalue weighted by atomic mass is 9.46. The molecule has 25 heavy (non-hydrogen) atoms. The van der Waals surface area contributed by atoms with Gasteiger partial charge in [0.2, 0.25) is 0 Å². The van der Waals surface area contributed by atoms with E-state index in [4.69, 9.17) is 0 Å². The zero-order chi connectivity index (χ0) is 18.0. The molecule has 3 N–H and O–H groups in total. The molecule has 0 radical (unpaired) electrons. The summed E-state index contributed by atoms with van der Waals surface area (Å²) in [6, 6.07) is 0. The van der Waals surface area contributed by atoms with Gasteiger partial charge in [-0.1, -0.05) is 19.4 Å². The Labute approximate surface area is 150 Å². The molecule has 0 aromatic rings. The number of ketones is 1. The second kappa shape index (κ2) is 5.64. The molecule has 140 valence electrons. The molecule has 0 heterocycles. The third-order valence-electron chi connectivity index (χ3n) is 8.90. The maximum absolute atomic E-state index is 11.9. The lowest BCUT2D eigenvalue weighted by Gasteiger charge is -2.59. The Bertz CT molecular complexity index is 613. The number of fused-ring (bicyclic) bond motifs is 5. The summed E-state index contributed by atoms with van der Waals surface area (Å²) in [4.78, 5) is 11.9. The zero-order valence-corrected chi connectivity index (χ0v) is 15.5. The molecule has 3 fully saturated rings. The molecule has 0 aromatic heterocycles. The maximum Gasteiger partial charge on any atom is 0.155 e. The van der Waals surface area contributed by atoms with Gasteiger partial charge in [-0.05, 0) is 74.2 Å². The Morgan fingerprint density at radius 3 is 2.56 bits per heavy atom. The fourth-order valence-corrected chi connectivity index (χ4v) is 7.31. The lowest BCUT2D eigenvalue weighted by molar-refractivity contribution is -0.184. The van der Waals surface area contributed by atoms with Gasteiger partial charge in [-0.25, -0.2) is 0 Å². The second-order valence-corrected chi connectivity index (χ2v) is 9.59. The van der Waals surface area contributed by atoms with Gasteiger partial charge in [-0.2, -0.15) is 0 Å². The van der Waals surface area contributed by atoms with Crippen molar-refractivity contribution in [2.75, 3.05) is 6.61 Å². The van der Waals surface area contributed by atoms with Gasteiger partial charge in [0.05, 0.1) is 12.2 Å². The van der Waals surface area contributed by atoms with Crippen molar-refractivity contribution in [2.24, 2.45) is 28.6 Å². The van der Waals surface area contributed by atoms with Gasteiger partial charge in [-0.15, -0.1) is 0 Å². The Kier molecular flexibility index (Phi) is 3.99. The summed E-state index contributed by atoms with van der Waals surface area (Å²) >= 11 is 0. The standard InChI is InChI=1S/C21H32O4/c1-19-8-5-14(23)11-13(19)3-4-15-16(19)6-9-20(2)17(15)7-10-21(20,25)18(24)12-22/h11,15-18,22,24-25H,3-10,12H2,1-2H3/t15?,16?,17?,18?,19?,20?,21-/m1/s1. The number of aliphatic hydroxyl groups is 3. The van der Waals surface area contributed by atoms with Crippen LogP contribution in [0.3, 0.4) is 0 Å².